The third-order valence-corrected chi connectivity index (χ3v) is 4.00. The Bertz CT molecular complexity index is 352. The lowest BCUT2D eigenvalue weighted by atomic mass is 10.2. The van der Waals surface area contributed by atoms with E-state index in [4.69, 9.17) is 0 Å². The van der Waals surface area contributed by atoms with Gasteiger partial charge in [-0.25, -0.2) is 4.79 Å². The molecule has 1 aliphatic carbocycles. The van der Waals surface area contributed by atoms with Gasteiger partial charge in [0.2, 0.25) is 5.91 Å². The number of unbranched alkanes of at least 4 members (excludes halogenated alkanes) is 1. The number of amides is 3. The number of nitrogens with zero attached hydrogens (tertiary/aromatic N) is 1. The van der Waals surface area contributed by atoms with Gasteiger partial charge in [0.25, 0.3) is 0 Å². The zero-order chi connectivity index (χ0) is 15.1. The normalized spacial score (nSPS) is 21.5. The fraction of sp³-hybridized carbons (Fsp3) is 0.867. The predicted octanol–water partition coefficient (Wildman–Crippen LogP) is 0.829. The standard InChI is InChI=1S/C15H28N4O2/c1-2-3-9-19(10-13-5-4-8-16-13)11-14(20)18-15(21)17-12-6-7-12/h12-13,16H,2-11H2,1H3,(H2,17,18,20,21). The second-order valence-corrected chi connectivity index (χ2v) is 6.18. The van der Waals surface area contributed by atoms with Gasteiger partial charge in [-0.05, 0) is 45.2 Å². The van der Waals surface area contributed by atoms with Crippen molar-refractivity contribution in [2.45, 2.75) is 57.5 Å². The van der Waals surface area contributed by atoms with Crippen LogP contribution in [0.1, 0.15) is 45.4 Å². The van der Waals surface area contributed by atoms with Crippen LogP contribution in [0.5, 0.6) is 0 Å². The summed E-state index contributed by atoms with van der Waals surface area (Å²) >= 11 is 0. The molecule has 1 heterocycles. The fourth-order valence-corrected chi connectivity index (χ4v) is 2.66. The van der Waals surface area contributed by atoms with Crippen molar-refractivity contribution in [1.82, 2.24) is 20.9 Å². The third kappa shape index (κ3) is 6.44. The van der Waals surface area contributed by atoms with E-state index < -0.39 is 0 Å². The molecule has 0 aromatic rings. The lowest BCUT2D eigenvalue weighted by Crippen LogP contribution is -2.47. The lowest BCUT2D eigenvalue weighted by molar-refractivity contribution is -0.121. The molecule has 2 aliphatic rings. The molecule has 21 heavy (non-hydrogen) atoms. The smallest absolute Gasteiger partial charge is 0.321 e. The molecule has 1 saturated carbocycles. The summed E-state index contributed by atoms with van der Waals surface area (Å²) in [5.41, 5.74) is 0. The molecule has 0 radical (unpaired) electrons. The summed E-state index contributed by atoms with van der Waals surface area (Å²) in [5, 5.41) is 8.66. The van der Waals surface area contributed by atoms with Gasteiger partial charge in [-0.2, -0.15) is 0 Å². The van der Waals surface area contributed by atoms with E-state index in [9.17, 15) is 9.59 Å². The number of carbonyl (C=O) groups excluding carboxylic acids is 2. The summed E-state index contributed by atoms with van der Waals surface area (Å²) < 4.78 is 0. The molecule has 1 atom stereocenters. The first-order chi connectivity index (χ1) is 10.2. The second-order valence-electron chi connectivity index (χ2n) is 6.18. The Kier molecular flexibility index (Phi) is 6.45. The van der Waals surface area contributed by atoms with Crippen molar-refractivity contribution < 1.29 is 9.59 Å². The van der Waals surface area contributed by atoms with E-state index in [0.717, 1.165) is 45.3 Å². The molecule has 6 nitrogen and oxygen atoms in total. The average molecular weight is 296 g/mol. The van der Waals surface area contributed by atoms with Crippen LogP contribution in [0.2, 0.25) is 0 Å². The second kappa shape index (κ2) is 8.34. The van der Waals surface area contributed by atoms with Crippen LogP contribution in [0, 0.1) is 0 Å². The van der Waals surface area contributed by atoms with E-state index in [1.165, 1.54) is 12.8 Å². The molecular weight excluding hydrogens is 268 g/mol. The van der Waals surface area contributed by atoms with Gasteiger partial charge >= 0.3 is 6.03 Å². The van der Waals surface area contributed by atoms with Crippen LogP contribution < -0.4 is 16.0 Å². The Morgan fingerprint density at radius 2 is 2.10 bits per heavy atom. The number of imide groups is 1. The topological polar surface area (TPSA) is 73.5 Å². The minimum absolute atomic E-state index is 0.206. The Balaban J connectivity index is 1.72. The maximum atomic E-state index is 12.0. The minimum Gasteiger partial charge on any atom is -0.335 e. The minimum atomic E-state index is -0.350. The number of nitrogens with one attached hydrogen (secondary N) is 3. The van der Waals surface area contributed by atoms with Crippen LogP contribution in [0.15, 0.2) is 0 Å². The van der Waals surface area contributed by atoms with E-state index in [-0.39, 0.29) is 18.0 Å². The summed E-state index contributed by atoms with van der Waals surface area (Å²) in [5.74, 6) is -0.206. The summed E-state index contributed by atoms with van der Waals surface area (Å²) in [7, 11) is 0. The first-order valence-corrected chi connectivity index (χ1v) is 8.23. The third-order valence-electron chi connectivity index (χ3n) is 4.00. The van der Waals surface area contributed by atoms with Gasteiger partial charge in [0.05, 0.1) is 6.54 Å². The van der Waals surface area contributed by atoms with Crippen molar-refractivity contribution in [3.63, 3.8) is 0 Å². The van der Waals surface area contributed by atoms with Gasteiger partial charge in [0, 0.05) is 18.6 Å². The molecule has 0 aromatic heterocycles. The summed E-state index contributed by atoms with van der Waals surface area (Å²) in [6.45, 7) is 5.32. The highest BCUT2D eigenvalue weighted by atomic mass is 16.2. The average Bonchev–Trinajstić information content (AvgIpc) is 3.09. The monoisotopic (exact) mass is 296 g/mol. The van der Waals surface area contributed by atoms with Gasteiger partial charge in [0.15, 0.2) is 0 Å². The van der Waals surface area contributed by atoms with Crippen LogP contribution in [0.25, 0.3) is 0 Å². The van der Waals surface area contributed by atoms with Crippen molar-refractivity contribution >= 4 is 11.9 Å². The van der Waals surface area contributed by atoms with E-state index in [2.05, 4.69) is 27.8 Å². The maximum absolute atomic E-state index is 12.0. The van der Waals surface area contributed by atoms with Crippen molar-refractivity contribution in [2.24, 2.45) is 0 Å². The van der Waals surface area contributed by atoms with E-state index in [0.29, 0.717) is 12.6 Å². The van der Waals surface area contributed by atoms with Crippen molar-refractivity contribution in [1.29, 1.82) is 0 Å². The van der Waals surface area contributed by atoms with Gasteiger partial charge in [-0.3, -0.25) is 15.0 Å². The zero-order valence-corrected chi connectivity index (χ0v) is 13.0. The van der Waals surface area contributed by atoms with Crippen LogP contribution in [-0.2, 0) is 4.79 Å². The van der Waals surface area contributed by atoms with E-state index in [1.807, 2.05) is 0 Å². The quantitative estimate of drug-likeness (QED) is 0.620. The SMILES string of the molecule is CCCCN(CC(=O)NC(=O)NC1CC1)CC1CCCN1. The Morgan fingerprint density at radius 3 is 2.71 bits per heavy atom. The molecule has 0 spiro atoms. The molecular formula is C15H28N4O2. The van der Waals surface area contributed by atoms with Gasteiger partial charge in [-0.15, -0.1) is 0 Å². The Labute approximate surface area is 127 Å². The van der Waals surface area contributed by atoms with E-state index >= 15 is 0 Å². The number of rotatable bonds is 8. The molecule has 2 rings (SSSR count). The Morgan fingerprint density at radius 1 is 1.29 bits per heavy atom. The highest BCUT2D eigenvalue weighted by Crippen LogP contribution is 2.18. The van der Waals surface area contributed by atoms with Gasteiger partial charge < -0.3 is 10.6 Å². The van der Waals surface area contributed by atoms with Crippen LogP contribution in [-0.4, -0.2) is 55.1 Å². The molecule has 6 heteroatoms. The summed E-state index contributed by atoms with van der Waals surface area (Å²) in [4.78, 5) is 25.7. The molecule has 1 saturated heterocycles. The molecule has 1 aliphatic heterocycles. The number of hydrogen-bond donors (Lipinski definition) is 3. The van der Waals surface area contributed by atoms with Crippen LogP contribution in [0.3, 0.4) is 0 Å². The largest absolute Gasteiger partial charge is 0.335 e. The molecule has 3 amide bonds. The number of hydrogen-bond acceptors (Lipinski definition) is 4. The van der Waals surface area contributed by atoms with Crippen molar-refractivity contribution in [3.05, 3.63) is 0 Å². The zero-order valence-electron chi connectivity index (χ0n) is 13.0. The van der Waals surface area contributed by atoms with Gasteiger partial charge in [0.1, 0.15) is 0 Å². The Hall–Kier alpha value is -1.14. The van der Waals surface area contributed by atoms with E-state index in [1.54, 1.807) is 0 Å². The summed E-state index contributed by atoms with van der Waals surface area (Å²) in [6, 6.07) is 0.406. The van der Waals surface area contributed by atoms with Crippen molar-refractivity contribution in [3.8, 4) is 0 Å². The maximum Gasteiger partial charge on any atom is 0.321 e. The molecule has 120 valence electrons. The summed E-state index contributed by atoms with van der Waals surface area (Å²) in [6.07, 6.45) is 6.62. The van der Waals surface area contributed by atoms with Gasteiger partial charge in [-0.1, -0.05) is 13.3 Å². The number of carbonyl (C=O) groups is 2. The number of urea groups is 1. The highest BCUT2D eigenvalue weighted by molar-refractivity contribution is 5.95. The molecule has 0 bridgehead atoms. The first-order valence-electron chi connectivity index (χ1n) is 8.23. The fourth-order valence-electron chi connectivity index (χ4n) is 2.66. The van der Waals surface area contributed by atoms with Crippen LogP contribution >= 0.6 is 0 Å². The predicted molar refractivity (Wildman–Crippen MR) is 82.1 cm³/mol. The molecule has 3 N–H and O–H groups in total. The van der Waals surface area contributed by atoms with Crippen molar-refractivity contribution in [2.75, 3.05) is 26.2 Å². The lowest BCUT2D eigenvalue weighted by Gasteiger charge is -2.24. The molecule has 1 unspecified atom stereocenters. The molecule has 0 aromatic carbocycles. The highest BCUT2D eigenvalue weighted by Gasteiger charge is 2.24. The molecule has 2 fully saturated rings. The first kappa shape index (κ1) is 16.2. The van der Waals surface area contributed by atoms with Crippen LogP contribution in [0.4, 0.5) is 4.79 Å².